The molecule has 2 aliphatic rings. The SMILES string of the molecule is CN1C(=O)C2(CC(C)(Cn3cncn3)Oc3ccc(-c4cc(F)cc(Cl)c4)cc32)N=C1N. The topological polar surface area (TPSA) is 98.6 Å². The molecule has 2 unspecified atom stereocenters. The van der Waals surface area contributed by atoms with Gasteiger partial charge in [-0.1, -0.05) is 17.7 Å². The molecule has 1 spiro atoms. The van der Waals surface area contributed by atoms with E-state index in [0.717, 1.165) is 0 Å². The zero-order valence-electron chi connectivity index (χ0n) is 17.4. The van der Waals surface area contributed by atoms with E-state index >= 15 is 0 Å². The van der Waals surface area contributed by atoms with E-state index in [4.69, 9.17) is 22.1 Å². The van der Waals surface area contributed by atoms with Crippen molar-refractivity contribution < 1.29 is 13.9 Å². The van der Waals surface area contributed by atoms with Crippen LogP contribution in [0.2, 0.25) is 5.02 Å². The Bertz CT molecular complexity index is 1240. The van der Waals surface area contributed by atoms with Crippen LogP contribution in [0, 0.1) is 5.82 Å². The van der Waals surface area contributed by atoms with Crippen molar-refractivity contribution in [3.8, 4) is 16.9 Å². The van der Waals surface area contributed by atoms with Crippen molar-refractivity contribution in [2.45, 2.75) is 31.0 Å². The average Bonchev–Trinajstić information content (AvgIpc) is 3.30. The predicted molar refractivity (Wildman–Crippen MR) is 117 cm³/mol. The third kappa shape index (κ3) is 3.20. The summed E-state index contributed by atoms with van der Waals surface area (Å²) in [5.74, 6) is -0.0650. The number of amides is 1. The van der Waals surface area contributed by atoms with Gasteiger partial charge in [-0.05, 0) is 48.4 Å². The molecule has 10 heteroatoms. The number of rotatable bonds is 3. The zero-order chi connectivity index (χ0) is 22.7. The molecule has 32 heavy (non-hydrogen) atoms. The Morgan fingerprint density at radius 2 is 2.06 bits per heavy atom. The first-order chi connectivity index (χ1) is 15.2. The fourth-order valence-corrected chi connectivity index (χ4v) is 4.74. The van der Waals surface area contributed by atoms with Crippen LogP contribution in [0.25, 0.3) is 11.1 Å². The van der Waals surface area contributed by atoms with Gasteiger partial charge in [0.05, 0.1) is 6.54 Å². The zero-order valence-corrected chi connectivity index (χ0v) is 18.2. The maximum atomic E-state index is 14.0. The number of guanidine groups is 1. The van der Waals surface area contributed by atoms with Gasteiger partial charge in [0.15, 0.2) is 11.5 Å². The standard InChI is InChI=1S/C22H20ClFN6O2/c1-21(10-30-12-26-11-27-30)9-22(19(31)29(2)20(25)28-22)17-7-13(3-4-18(17)32-21)14-5-15(23)8-16(24)6-14/h3-8,11-12H,9-10H2,1-2H3,(H2,25,28). The summed E-state index contributed by atoms with van der Waals surface area (Å²) >= 11 is 6.05. The van der Waals surface area contributed by atoms with Crippen LogP contribution >= 0.6 is 11.6 Å². The van der Waals surface area contributed by atoms with E-state index in [9.17, 15) is 9.18 Å². The van der Waals surface area contributed by atoms with E-state index in [0.29, 0.717) is 29.0 Å². The minimum Gasteiger partial charge on any atom is -0.485 e. The first-order valence-corrected chi connectivity index (χ1v) is 10.3. The van der Waals surface area contributed by atoms with Gasteiger partial charge in [-0.25, -0.2) is 19.0 Å². The van der Waals surface area contributed by atoms with Crippen LogP contribution in [0.4, 0.5) is 4.39 Å². The highest BCUT2D eigenvalue weighted by Gasteiger charge is 2.57. The van der Waals surface area contributed by atoms with Crippen molar-refractivity contribution in [2.24, 2.45) is 10.7 Å². The molecule has 1 aromatic heterocycles. The summed E-state index contributed by atoms with van der Waals surface area (Å²) < 4.78 is 22.0. The van der Waals surface area contributed by atoms with Gasteiger partial charge in [-0.15, -0.1) is 0 Å². The highest BCUT2D eigenvalue weighted by atomic mass is 35.5. The molecule has 2 aromatic carbocycles. The van der Waals surface area contributed by atoms with Gasteiger partial charge in [-0.3, -0.25) is 9.69 Å². The van der Waals surface area contributed by atoms with E-state index < -0.39 is 17.0 Å². The van der Waals surface area contributed by atoms with Gasteiger partial charge in [-0.2, -0.15) is 5.10 Å². The Balaban J connectivity index is 1.66. The second-order valence-corrected chi connectivity index (χ2v) is 8.82. The lowest BCUT2D eigenvalue weighted by molar-refractivity contribution is -0.134. The first kappa shape index (κ1) is 20.4. The fourth-order valence-electron chi connectivity index (χ4n) is 4.52. The number of nitrogens with two attached hydrogens (primary N) is 1. The van der Waals surface area contributed by atoms with E-state index in [2.05, 4.69) is 15.1 Å². The number of hydrogen-bond donors (Lipinski definition) is 1. The molecule has 0 bridgehead atoms. The number of carbonyl (C=O) groups excluding carboxylic acids is 1. The summed E-state index contributed by atoms with van der Waals surface area (Å²) in [4.78, 5) is 23.4. The van der Waals surface area contributed by atoms with Crippen molar-refractivity contribution in [2.75, 3.05) is 7.05 Å². The number of nitrogens with zero attached hydrogens (tertiary/aromatic N) is 5. The van der Waals surface area contributed by atoms with Crippen LogP contribution in [-0.2, 0) is 16.9 Å². The number of aromatic nitrogens is 3. The summed E-state index contributed by atoms with van der Waals surface area (Å²) in [5, 5.41) is 4.45. The molecule has 0 aliphatic carbocycles. The maximum Gasteiger partial charge on any atom is 0.261 e. The van der Waals surface area contributed by atoms with E-state index in [1.165, 1.54) is 23.4 Å². The predicted octanol–water partition coefficient (Wildman–Crippen LogP) is 2.96. The Morgan fingerprint density at radius 1 is 1.25 bits per heavy atom. The Morgan fingerprint density at radius 3 is 2.72 bits per heavy atom. The molecular formula is C22H20ClFN6O2. The lowest BCUT2D eigenvalue weighted by atomic mass is 9.76. The van der Waals surface area contributed by atoms with Crippen LogP contribution in [0.1, 0.15) is 18.9 Å². The summed E-state index contributed by atoms with van der Waals surface area (Å²) in [6, 6.07) is 9.65. The molecule has 0 radical (unpaired) electrons. The van der Waals surface area contributed by atoms with Crippen molar-refractivity contribution in [1.82, 2.24) is 19.7 Å². The molecular weight excluding hydrogens is 435 g/mol. The Hall–Kier alpha value is -3.46. The molecule has 2 atom stereocenters. The maximum absolute atomic E-state index is 14.0. The third-order valence-corrected chi connectivity index (χ3v) is 6.10. The normalized spacial score (nSPS) is 24.4. The number of halogens is 2. The van der Waals surface area contributed by atoms with Crippen LogP contribution in [0.5, 0.6) is 5.75 Å². The molecule has 0 saturated carbocycles. The van der Waals surface area contributed by atoms with Crippen molar-refractivity contribution in [3.63, 3.8) is 0 Å². The number of carbonyl (C=O) groups is 1. The number of aliphatic imine (C=N–C) groups is 1. The highest BCUT2D eigenvalue weighted by Crippen LogP contribution is 2.50. The smallest absolute Gasteiger partial charge is 0.261 e. The number of ether oxygens (including phenoxy) is 1. The lowest BCUT2D eigenvalue weighted by Crippen LogP contribution is -2.52. The molecule has 5 rings (SSSR count). The van der Waals surface area contributed by atoms with Crippen molar-refractivity contribution in [1.29, 1.82) is 0 Å². The summed E-state index contributed by atoms with van der Waals surface area (Å²) in [7, 11) is 1.59. The summed E-state index contributed by atoms with van der Waals surface area (Å²) in [6.45, 7) is 2.26. The average molecular weight is 455 g/mol. The van der Waals surface area contributed by atoms with Crippen LogP contribution in [0.15, 0.2) is 54.0 Å². The minimum atomic E-state index is -1.27. The molecule has 0 saturated heterocycles. The monoisotopic (exact) mass is 454 g/mol. The molecule has 8 nitrogen and oxygen atoms in total. The first-order valence-electron chi connectivity index (χ1n) is 9.95. The molecule has 2 N–H and O–H groups in total. The van der Waals surface area contributed by atoms with Crippen LogP contribution in [0.3, 0.4) is 0 Å². The highest BCUT2D eigenvalue weighted by molar-refractivity contribution is 6.30. The van der Waals surface area contributed by atoms with E-state index in [1.807, 2.05) is 6.92 Å². The minimum absolute atomic E-state index is 0.130. The summed E-state index contributed by atoms with van der Waals surface area (Å²) in [6.07, 6.45) is 3.27. The molecule has 0 fully saturated rings. The quantitative estimate of drug-likeness (QED) is 0.656. The number of hydrogen-bond acceptors (Lipinski definition) is 6. The lowest BCUT2D eigenvalue weighted by Gasteiger charge is -2.43. The van der Waals surface area contributed by atoms with Gasteiger partial charge in [0, 0.05) is 24.1 Å². The van der Waals surface area contributed by atoms with Gasteiger partial charge in [0.25, 0.3) is 5.91 Å². The molecule has 3 heterocycles. The van der Waals surface area contributed by atoms with Gasteiger partial charge < -0.3 is 10.5 Å². The van der Waals surface area contributed by atoms with E-state index in [1.54, 1.807) is 42.3 Å². The van der Waals surface area contributed by atoms with Gasteiger partial charge in [0.1, 0.15) is 29.8 Å². The fraction of sp³-hybridized carbons (Fsp3) is 0.273. The summed E-state index contributed by atoms with van der Waals surface area (Å²) in [5.41, 5.74) is 5.83. The second kappa shape index (κ2) is 7.03. The molecule has 3 aromatic rings. The van der Waals surface area contributed by atoms with Gasteiger partial charge >= 0.3 is 0 Å². The van der Waals surface area contributed by atoms with Gasteiger partial charge in [0.2, 0.25) is 0 Å². The molecule has 164 valence electrons. The van der Waals surface area contributed by atoms with Crippen molar-refractivity contribution >= 4 is 23.5 Å². The largest absolute Gasteiger partial charge is 0.485 e. The van der Waals surface area contributed by atoms with Crippen LogP contribution in [-0.4, -0.2) is 44.2 Å². The Labute approximate surface area is 188 Å². The van der Waals surface area contributed by atoms with Crippen LogP contribution < -0.4 is 10.5 Å². The molecule has 1 amide bonds. The second-order valence-electron chi connectivity index (χ2n) is 8.39. The third-order valence-electron chi connectivity index (χ3n) is 5.88. The molecule has 2 aliphatic heterocycles. The number of likely N-dealkylation sites (N-methyl/N-ethyl adjacent to an activating group) is 1. The van der Waals surface area contributed by atoms with Crippen molar-refractivity contribution in [3.05, 3.63) is 65.5 Å². The number of benzene rings is 2. The Kier molecular flexibility index (Phi) is 4.49. The van der Waals surface area contributed by atoms with E-state index in [-0.39, 0.29) is 23.3 Å². The number of fused-ring (bicyclic) bond motifs is 2.